The van der Waals surface area contributed by atoms with Gasteiger partial charge in [0.25, 0.3) is 0 Å². The van der Waals surface area contributed by atoms with E-state index < -0.39 is 0 Å². The van der Waals surface area contributed by atoms with E-state index in [0.717, 1.165) is 78.1 Å². The molecule has 0 radical (unpaired) electrons. The third kappa shape index (κ3) is 4.83. The highest BCUT2D eigenvalue weighted by atomic mass is 16.3. The fourth-order valence-electron chi connectivity index (χ4n) is 5.86. The summed E-state index contributed by atoms with van der Waals surface area (Å²) in [4.78, 5) is 10.8. The number of nitriles is 1. The Balaban J connectivity index is 1.35. The van der Waals surface area contributed by atoms with Crippen molar-refractivity contribution in [2.75, 3.05) is 0 Å². The van der Waals surface area contributed by atoms with Crippen LogP contribution in [0.1, 0.15) is 5.56 Å². The Labute approximate surface area is 260 Å². The summed E-state index contributed by atoms with van der Waals surface area (Å²) >= 11 is 0. The van der Waals surface area contributed by atoms with Gasteiger partial charge in [0.15, 0.2) is 0 Å². The number of benzene rings is 6. The molecule has 0 N–H and O–H groups in total. The quantitative estimate of drug-likeness (QED) is 0.205. The molecule has 0 aliphatic carbocycles. The molecule has 0 saturated carbocycles. The van der Waals surface area contributed by atoms with Crippen molar-refractivity contribution in [2.45, 2.75) is 0 Å². The number of para-hydroxylation sites is 1. The van der Waals surface area contributed by atoms with E-state index in [1.807, 2.05) is 78.9 Å². The van der Waals surface area contributed by atoms with E-state index in [4.69, 9.17) is 14.4 Å². The predicted octanol–water partition coefficient (Wildman–Crippen LogP) is 10.6. The van der Waals surface area contributed by atoms with Crippen molar-refractivity contribution in [1.82, 2.24) is 9.97 Å². The van der Waals surface area contributed by atoms with Crippen LogP contribution in [0.4, 0.5) is 0 Å². The Kier molecular flexibility index (Phi) is 6.48. The van der Waals surface area contributed by atoms with Gasteiger partial charge < -0.3 is 4.42 Å². The van der Waals surface area contributed by atoms with Crippen LogP contribution in [0, 0.1) is 11.3 Å². The molecule has 4 heteroatoms. The molecular weight excluding hydrogens is 550 g/mol. The number of fused-ring (bicyclic) bond motifs is 3. The van der Waals surface area contributed by atoms with Gasteiger partial charge in [-0.3, -0.25) is 0 Å². The van der Waals surface area contributed by atoms with Gasteiger partial charge in [-0.05, 0) is 41.5 Å². The van der Waals surface area contributed by atoms with E-state index in [1.54, 1.807) is 0 Å². The van der Waals surface area contributed by atoms with Crippen molar-refractivity contribution in [3.05, 3.63) is 157 Å². The zero-order chi connectivity index (χ0) is 30.2. The lowest BCUT2D eigenvalue weighted by Crippen LogP contribution is -2.01. The molecule has 0 aliphatic heterocycles. The van der Waals surface area contributed by atoms with E-state index in [0.29, 0.717) is 5.56 Å². The van der Waals surface area contributed by atoms with Gasteiger partial charge in [0.1, 0.15) is 11.2 Å². The maximum atomic E-state index is 9.20. The fraction of sp³-hybridized carbons (Fsp3) is 0. The molecule has 0 unspecified atom stereocenters. The van der Waals surface area contributed by atoms with Crippen LogP contribution in [-0.2, 0) is 0 Å². The summed E-state index contributed by atoms with van der Waals surface area (Å²) in [6.45, 7) is 0. The Hall–Kier alpha value is -6.31. The van der Waals surface area contributed by atoms with Gasteiger partial charge in [0.05, 0.1) is 34.4 Å². The summed E-state index contributed by atoms with van der Waals surface area (Å²) in [6.07, 6.45) is 0. The Morgan fingerprint density at radius 1 is 0.400 bits per heavy atom. The molecule has 8 aromatic rings. The lowest BCUT2D eigenvalue weighted by Gasteiger charge is -2.16. The van der Waals surface area contributed by atoms with Crippen LogP contribution in [0.3, 0.4) is 0 Å². The van der Waals surface area contributed by atoms with Crippen molar-refractivity contribution in [1.29, 1.82) is 5.26 Å². The molecule has 0 fully saturated rings. The van der Waals surface area contributed by atoms with E-state index in [9.17, 15) is 5.26 Å². The highest BCUT2D eigenvalue weighted by Crippen LogP contribution is 2.39. The second-order valence-electron chi connectivity index (χ2n) is 10.9. The Morgan fingerprint density at radius 2 is 0.844 bits per heavy atom. The number of hydrogen-bond acceptors (Lipinski definition) is 4. The second kappa shape index (κ2) is 11.1. The maximum absolute atomic E-state index is 9.20. The third-order valence-corrected chi connectivity index (χ3v) is 8.15. The molecule has 8 rings (SSSR count). The van der Waals surface area contributed by atoms with Crippen LogP contribution in [0.15, 0.2) is 156 Å². The fourth-order valence-corrected chi connectivity index (χ4v) is 5.86. The van der Waals surface area contributed by atoms with Gasteiger partial charge in [-0.25, -0.2) is 9.97 Å². The van der Waals surface area contributed by atoms with Crippen molar-refractivity contribution in [3.63, 3.8) is 0 Å². The van der Waals surface area contributed by atoms with E-state index in [2.05, 4.69) is 78.9 Å². The van der Waals surface area contributed by atoms with Crippen LogP contribution in [0.2, 0.25) is 0 Å². The summed E-state index contributed by atoms with van der Waals surface area (Å²) in [5.74, 6) is 0. The maximum Gasteiger partial charge on any atom is 0.136 e. The highest BCUT2D eigenvalue weighted by Gasteiger charge is 2.20. The molecule has 0 saturated heterocycles. The molecule has 2 aromatic heterocycles. The third-order valence-electron chi connectivity index (χ3n) is 8.15. The summed E-state index contributed by atoms with van der Waals surface area (Å²) in [6, 6.07) is 53.1. The van der Waals surface area contributed by atoms with E-state index in [1.165, 1.54) is 0 Å². The number of aromatic nitrogens is 2. The molecule has 4 nitrogen and oxygen atoms in total. The van der Waals surface area contributed by atoms with Crippen molar-refractivity contribution >= 4 is 21.9 Å². The number of furan rings is 1. The SMILES string of the molecule is N#Cc1ccc(-c2ccc(-c3nc(-c4ccccc4)c(-c4ccccc4)nc3-c3ccc4c(c3)oc3ccccc34)cc2)cc1. The topological polar surface area (TPSA) is 62.7 Å². The van der Waals surface area contributed by atoms with Crippen molar-refractivity contribution in [3.8, 4) is 62.2 Å². The van der Waals surface area contributed by atoms with E-state index >= 15 is 0 Å². The molecule has 0 aliphatic rings. The van der Waals surface area contributed by atoms with Gasteiger partial charge in [0.2, 0.25) is 0 Å². The minimum atomic E-state index is 0.642. The number of hydrogen-bond donors (Lipinski definition) is 0. The first-order valence-corrected chi connectivity index (χ1v) is 14.8. The number of rotatable bonds is 5. The monoisotopic (exact) mass is 575 g/mol. The van der Waals surface area contributed by atoms with Gasteiger partial charge in [-0.2, -0.15) is 5.26 Å². The zero-order valence-corrected chi connectivity index (χ0v) is 24.2. The van der Waals surface area contributed by atoms with Gasteiger partial charge in [-0.15, -0.1) is 0 Å². The molecule has 2 heterocycles. The molecule has 6 aromatic carbocycles. The van der Waals surface area contributed by atoms with Crippen LogP contribution in [0.5, 0.6) is 0 Å². The van der Waals surface area contributed by atoms with Gasteiger partial charge in [-0.1, -0.05) is 121 Å². The lowest BCUT2D eigenvalue weighted by atomic mass is 9.97. The van der Waals surface area contributed by atoms with Crippen molar-refractivity contribution < 1.29 is 4.42 Å². The molecule has 45 heavy (non-hydrogen) atoms. The molecule has 210 valence electrons. The largest absolute Gasteiger partial charge is 0.456 e. The Bertz CT molecular complexity index is 2350. The lowest BCUT2D eigenvalue weighted by molar-refractivity contribution is 0.669. The van der Waals surface area contributed by atoms with Crippen molar-refractivity contribution in [2.24, 2.45) is 0 Å². The van der Waals surface area contributed by atoms with E-state index in [-0.39, 0.29) is 0 Å². The first kappa shape index (κ1) is 26.3. The Morgan fingerprint density at radius 3 is 1.44 bits per heavy atom. The highest BCUT2D eigenvalue weighted by molar-refractivity contribution is 6.06. The first-order chi connectivity index (χ1) is 22.2. The summed E-state index contributed by atoms with van der Waals surface area (Å²) in [5.41, 5.74) is 11.5. The molecule has 0 amide bonds. The van der Waals surface area contributed by atoms with Gasteiger partial charge in [0, 0.05) is 33.0 Å². The summed E-state index contributed by atoms with van der Waals surface area (Å²) in [5, 5.41) is 11.4. The number of nitrogens with zero attached hydrogens (tertiary/aromatic N) is 3. The minimum absolute atomic E-state index is 0.642. The normalized spacial score (nSPS) is 11.1. The molecule has 0 atom stereocenters. The van der Waals surface area contributed by atoms with Gasteiger partial charge >= 0.3 is 0 Å². The minimum Gasteiger partial charge on any atom is -0.456 e. The standard InChI is InChI=1S/C41H25N3O/c42-26-27-15-17-28(18-16-27)29-19-21-32(22-20-29)40-41(33-23-24-35-34-13-7-8-14-36(34)45-37(35)25-33)44-39(31-11-5-2-6-12-31)38(43-40)30-9-3-1-4-10-30/h1-25H. The van der Waals surface area contributed by atoms with Crippen LogP contribution in [0.25, 0.3) is 78.1 Å². The smallest absolute Gasteiger partial charge is 0.136 e. The summed E-state index contributed by atoms with van der Waals surface area (Å²) < 4.78 is 6.28. The average Bonchev–Trinajstić information content (AvgIpc) is 3.50. The molecular formula is C41H25N3O. The molecule has 0 bridgehead atoms. The van der Waals surface area contributed by atoms with Crippen LogP contribution in [-0.4, -0.2) is 9.97 Å². The van der Waals surface area contributed by atoms with Crippen LogP contribution >= 0.6 is 0 Å². The zero-order valence-electron chi connectivity index (χ0n) is 24.2. The molecule has 0 spiro atoms. The second-order valence-corrected chi connectivity index (χ2v) is 10.9. The average molecular weight is 576 g/mol. The predicted molar refractivity (Wildman–Crippen MR) is 181 cm³/mol. The summed E-state index contributed by atoms with van der Waals surface area (Å²) in [7, 11) is 0. The van der Waals surface area contributed by atoms with Crippen LogP contribution < -0.4 is 0 Å². The first-order valence-electron chi connectivity index (χ1n) is 14.8.